The van der Waals surface area contributed by atoms with Crippen molar-refractivity contribution in [2.75, 3.05) is 18.4 Å². The summed E-state index contributed by atoms with van der Waals surface area (Å²) >= 11 is 0. The van der Waals surface area contributed by atoms with Gasteiger partial charge in [0, 0.05) is 31.4 Å². The van der Waals surface area contributed by atoms with Crippen LogP contribution in [0.4, 0.5) is 5.95 Å². The normalized spacial score (nSPS) is 11.9. The van der Waals surface area contributed by atoms with Gasteiger partial charge in [0.1, 0.15) is 0 Å². The van der Waals surface area contributed by atoms with Crippen LogP contribution in [0, 0.1) is 5.92 Å². The van der Waals surface area contributed by atoms with Crippen molar-refractivity contribution >= 4 is 11.9 Å². The zero-order valence-corrected chi connectivity index (χ0v) is 9.73. The van der Waals surface area contributed by atoms with E-state index >= 15 is 0 Å². The lowest BCUT2D eigenvalue weighted by atomic mass is 10.1. The van der Waals surface area contributed by atoms with Crippen LogP contribution in [0.2, 0.25) is 0 Å². The van der Waals surface area contributed by atoms with Gasteiger partial charge < -0.3 is 10.6 Å². The average Bonchev–Trinajstić information content (AvgIpc) is 2.34. The third-order valence-corrected chi connectivity index (χ3v) is 2.33. The quantitative estimate of drug-likeness (QED) is 0.706. The predicted molar refractivity (Wildman–Crippen MR) is 63.0 cm³/mol. The Hall–Kier alpha value is -1.65. The van der Waals surface area contributed by atoms with Gasteiger partial charge in [0.25, 0.3) is 0 Å². The van der Waals surface area contributed by atoms with E-state index in [1.165, 1.54) is 0 Å². The molecule has 0 radical (unpaired) electrons. The van der Waals surface area contributed by atoms with Crippen LogP contribution in [-0.2, 0) is 4.79 Å². The molecule has 0 aromatic carbocycles. The van der Waals surface area contributed by atoms with E-state index in [1.807, 2.05) is 13.8 Å². The number of carbonyl (C=O) groups is 1. The molecule has 1 atom stereocenters. The van der Waals surface area contributed by atoms with Gasteiger partial charge >= 0.3 is 0 Å². The molecule has 1 rings (SSSR count). The highest BCUT2D eigenvalue weighted by Gasteiger charge is 2.08. The molecule has 0 aliphatic heterocycles. The number of nitrogens with zero attached hydrogens (tertiary/aromatic N) is 2. The van der Waals surface area contributed by atoms with Crippen molar-refractivity contribution in [3.05, 3.63) is 18.5 Å². The second kappa shape index (κ2) is 6.76. The van der Waals surface area contributed by atoms with E-state index in [4.69, 9.17) is 0 Å². The Balaban J connectivity index is 2.15. The van der Waals surface area contributed by atoms with Crippen LogP contribution in [0.3, 0.4) is 0 Å². The van der Waals surface area contributed by atoms with Gasteiger partial charge in [-0.25, -0.2) is 9.97 Å². The molecule has 16 heavy (non-hydrogen) atoms. The van der Waals surface area contributed by atoms with Gasteiger partial charge in [-0.3, -0.25) is 4.79 Å². The highest BCUT2D eigenvalue weighted by molar-refractivity contribution is 5.78. The molecule has 0 saturated heterocycles. The summed E-state index contributed by atoms with van der Waals surface area (Å²) in [4.78, 5) is 19.4. The van der Waals surface area contributed by atoms with E-state index in [0.717, 1.165) is 6.42 Å². The van der Waals surface area contributed by atoms with Gasteiger partial charge in [-0.15, -0.1) is 0 Å². The van der Waals surface area contributed by atoms with Gasteiger partial charge in [0.15, 0.2) is 0 Å². The summed E-state index contributed by atoms with van der Waals surface area (Å²) in [7, 11) is 0. The number of carbonyl (C=O) groups excluding carboxylic acids is 1. The molecule has 0 bridgehead atoms. The highest BCUT2D eigenvalue weighted by Crippen LogP contribution is 1.99. The number of amides is 1. The number of anilines is 1. The summed E-state index contributed by atoms with van der Waals surface area (Å²) in [6, 6.07) is 1.76. The molecule has 0 aliphatic carbocycles. The molecule has 5 nitrogen and oxygen atoms in total. The fourth-order valence-corrected chi connectivity index (χ4v) is 1.11. The lowest BCUT2D eigenvalue weighted by Crippen LogP contribution is -2.32. The second-order valence-electron chi connectivity index (χ2n) is 3.60. The topological polar surface area (TPSA) is 66.9 Å². The summed E-state index contributed by atoms with van der Waals surface area (Å²) in [6.07, 6.45) is 4.21. The number of hydrogen-bond donors (Lipinski definition) is 2. The first-order chi connectivity index (χ1) is 7.74. The molecule has 1 heterocycles. The number of rotatable bonds is 6. The van der Waals surface area contributed by atoms with Crippen LogP contribution in [0.1, 0.15) is 20.3 Å². The molecule has 88 valence electrons. The largest absolute Gasteiger partial charge is 0.354 e. The lowest BCUT2D eigenvalue weighted by molar-refractivity contribution is -0.124. The smallest absolute Gasteiger partial charge is 0.222 e. The minimum Gasteiger partial charge on any atom is -0.354 e. The Labute approximate surface area is 95.7 Å². The molecular weight excluding hydrogens is 204 g/mol. The molecular formula is C11H18N4O. The van der Waals surface area contributed by atoms with Gasteiger partial charge in [0.2, 0.25) is 11.9 Å². The number of aromatic nitrogens is 2. The van der Waals surface area contributed by atoms with E-state index < -0.39 is 0 Å². The van der Waals surface area contributed by atoms with E-state index in [9.17, 15) is 4.79 Å². The lowest BCUT2D eigenvalue weighted by Gasteiger charge is -2.10. The van der Waals surface area contributed by atoms with Crippen molar-refractivity contribution in [3.8, 4) is 0 Å². The molecule has 0 aliphatic rings. The van der Waals surface area contributed by atoms with Crippen molar-refractivity contribution in [2.45, 2.75) is 20.3 Å². The minimum absolute atomic E-state index is 0.0768. The van der Waals surface area contributed by atoms with E-state index in [1.54, 1.807) is 18.5 Å². The molecule has 0 spiro atoms. The van der Waals surface area contributed by atoms with Crippen molar-refractivity contribution in [1.82, 2.24) is 15.3 Å². The SMILES string of the molecule is CCC(C)C(=O)NCCNc1ncccn1. The number of nitrogens with one attached hydrogen (secondary N) is 2. The Kier molecular flexibility index (Phi) is 5.25. The van der Waals surface area contributed by atoms with Crippen LogP contribution < -0.4 is 10.6 Å². The first kappa shape index (κ1) is 12.4. The summed E-state index contributed by atoms with van der Waals surface area (Å²) in [6.45, 7) is 5.14. The van der Waals surface area contributed by atoms with Crippen LogP contribution in [0.25, 0.3) is 0 Å². The molecule has 2 N–H and O–H groups in total. The zero-order valence-electron chi connectivity index (χ0n) is 9.73. The molecule has 0 fully saturated rings. The van der Waals surface area contributed by atoms with E-state index in [0.29, 0.717) is 19.0 Å². The Morgan fingerprint density at radius 1 is 1.38 bits per heavy atom. The molecule has 1 amide bonds. The van der Waals surface area contributed by atoms with Crippen LogP contribution in [0.15, 0.2) is 18.5 Å². The van der Waals surface area contributed by atoms with Gasteiger partial charge in [-0.1, -0.05) is 13.8 Å². The summed E-state index contributed by atoms with van der Waals surface area (Å²) < 4.78 is 0. The fourth-order valence-electron chi connectivity index (χ4n) is 1.11. The maximum atomic E-state index is 11.4. The molecule has 1 unspecified atom stereocenters. The van der Waals surface area contributed by atoms with Crippen molar-refractivity contribution in [3.63, 3.8) is 0 Å². The van der Waals surface area contributed by atoms with E-state index in [-0.39, 0.29) is 11.8 Å². The number of hydrogen-bond acceptors (Lipinski definition) is 4. The molecule has 0 saturated carbocycles. The fraction of sp³-hybridized carbons (Fsp3) is 0.545. The highest BCUT2D eigenvalue weighted by atomic mass is 16.1. The molecule has 1 aromatic rings. The maximum absolute atomic E-state index is 11.4. The van der Waals surface area contributed by atoms with E-state index in [2.05, 4.69) is 20.6 Å². The third kappa shape index (κ3) is 4.25. The Bertz CT molecular complexity index is 315. The Morgan fingerprint density at radius 2 is 2.06 bits per heavy atom. The Morgan fingerprint density at radius 3 is 2.69 bits per heavy atom. The third-order valence-electron chi connectivity index (χ3n) is 2.33. The minimum atomic E-state index is 0.0768. The van der Waals surface area contributed by atoms with Crippen molar-refractivity contribution < 1.29 is 4.79 Å². The standard InChI is InChI=1S/C11H18N4O/c1-3-9(2)10(16)12-7-8-15-11-13-5-4-6-14-11/h4-6,9H,3,7-8H2,1-2H3,(H,12,16)(H,13,14,15). The summed E-state index contributed by atoms with van der Waals surface area (Å²) in [5, 5.41) is 5.87. The average molecular weight is 222 g/mol. The van der Waals surface area contributed by atoms with Gasteiger partial charge in [-0.2, -0.15) is 0 Å². The van der Waals surface area contributed by atoms with Crippen LogP contribution >= 0.6 is 0 Å². The van der Waals surface area contributed by atoms with Gasteiger partial charge in [0.05, 0.1) is 0 Å². The van der Waals surface area contributed by atoms with Crippen LogP contribution in [-0.4, -0.2) is 29.0 Å². The van der Waals surface area contributed by atoms with Crippen molar-refractivity contribution in [2.24, 2.45) is 5.92 Å². The summed E-state index contributed by atoms with van der Waals surface area (Å²) in [5.74, 6) is 0.756. The zero-order chi connectivity index (χ0) is 11.8. The molecule has 5 heteroatoms. The first-order valence-electron chi connectivity index (χ1n) is 5.52. The maximum Gasteiger partial charge on any atom is 0.222 e. The monoisotopic (exact) mass is 222 g/mol. The van der Waals surface area contributed by atoms with Crippen molar-refractivity contribution in [1.29, 1.82) is 0 Å². The second-order valence-corrected chi connectivity index (χ2v) is 3.60. The van der Waals surface area contributed by atoms with Crippen LogP contribution in [0.5, 0.6) is 0 Å². The summed E-state index contributed by atoms with van der Waals surface area (Å²) in [5.41, 5.74) is 0. The predicted octanol–water partition coefficient (Wildman–Crippen LogP) is 1.05. The van der Waals surface area contributed by atoms with Gasteiger partial charge in [-0.05, 0) is 12.5 Å². The first-order valence-corrected chi connectivity index (χ1v) is 5.52. The molecule has 1 aromatic heterocycles.